The van der Waals surface area contributed by atoms with Crippen LogP contribution in [-0.2, 0) is 11.2 Å². The Bertz CT molecular complexity index is 601. The van der Waals surface area contributed by atoms with Gasteiger partial charge in [0.05, 0.1) is 0 Å². The number of hydrogen-bond donors (Lipinski definition) is 1. The number of ether oxygens (including phenoxy) is 1. The summed E-state index contributed by atoms with van der Waals surface area (Å²) in [7, 11) is 0. The second-order valence-electron chi connectivity index (χ2n) is 8.14. The SMILES string of the molecule is C=CCc1ccccc1OCC(=O)NC12CC3CC(CC(C3)C1)C2. The van der Waals surface area contributed by atoms with Crippen molar-refractivity contribution >= 4 is 5.91 Å². The lowest BCUT2D eigenvalue weighted by atomic mass is 9.53. The van der Waals surface area contributed by atoms with Gasteiger partial charge in [-0.3, -0.25) is 4.79 Å². The lowest BCUT2D eigenvalue weighted by molar-refractivity contribution is -0.128. The Kier molecular flexibility index (Phi) is 4.11. The Morgan fingerprint density at radius 2 is 1.79 bits per heavy atom. The molecule has 4 fully saturated rings. The molecule has 4 saturated carbocycles. The number of carbonyl (C=O) groups excluding carboxylic acids is 1. The topological polar surface area (TPSA) is 38.3 Å². The number of allylic oxidation sites excluding steroid dienone is 1. The van der Waals surface area contributed by atoms with Crippen LogP contribution in [0.1, 0.15) is 44.1 Å². The summed E-state index contributed by atoms with van der Waals surface area (Å²) in [6.07, 6.45) is 10.3. The predicted octanol–water partition coefficient (Wildman–Crippen LogP) is 3.88. The molecule has 0 heterocycles. The summed E-state index contributed by atoms with van der Waals surface area (Å²) in [6, 6.07) is 7.88. The molecule has 1 N–H and O–H groups in total. The number of nitrogens with one attached hydrogen (secondary N) is 1. The molecule has 3 heteroatoms. The van der Waals surface area contributed by atoms with Crippen molar-refractivity contribution in [2.24, 2.45) is 17.8 Å². The smallest absolute Gasteiger partial charge is 0.258 e. The van der Waals surface area contributed by atoms with E-state index in [4.69, 9.17) is 4.74 Å². The highest BCUT2D eigenvalue weighted by Crippen LogP contribution is 2.55. The standard InChI is InChI=1S/C21H27NO2/c1-2-5-18-6-3-4-7-19(18)24-14-20(23)22-21-11-15-8-16(12-21)10-17(9-15)13-21/h2-4,6-7,15-17H,1,5,8-14H2,(H,22,23). The highest BCUT2D eigenvalue weighted by Gasteiger charge is 2.51. The molecule has 0 aromatic heterocycles. The Morgan fingerprint density at radius 1 is 1.17 bits per heavy atom. The van der Waals surface area contributed by atoms with Gasteiger partial charge in [0.15, 0.2) is 6.61 Å². The zero-order chi connectivity index (χ0) is 16.6. The van der Waals surface area contributed by atoms with Crippen LogP contribution < -0.4 is 10.1 Å². The maximum absolute atomic E-state index is 12.5. The summed E-state index contributed by atoms with van der Waals surface area (Å²) < 4.78 is 5.81. The van der Waals surface area contributed by atoms with Crippen LogP contribution in [-0.4, -0.2) is 18.1 Å². The van der Waals surface area contributed by atoms with Crippen LogP contribution in [0.15, 0.2) is 36.9 Å². The van der Waals surface area contributed by atoms with Crippen molar-refractivity contribution in [1.82, 2.24) is 5.32 Å². The molecule has 5 rings (SSSR count). The first-order valence-corrected chi connectivity index (χ1v) is 9.28. The summed E-state index contributed by atoms with van der Waals surface area (Å²) in [5.74, 6) is 3.34. The van der Waals surface area contributed by atoms with E-state index in [-0.39, 0.29) is 18.1 Å². The summed E-state index contributed by atoms with van der Waals surface area (Å²) in [5.41, 5.74) is 1.14. The number of rotatable bonds is 6. The zero-order valence-corrected chi connectivity index (χ0v) is 14.3. The van der Waals surface area contributed by atoms with E-state index in [9.17, 15) is 4.79 Å². The number of benzene rings is 1. The molecule has 3 nitrogen and oxygen atoms in total. The highest BCUT2D eigenvalue weighted by atomic mass is 16.5. The number of para-hydroxylation sites is 1. The Morgan fingerprint density at radius 3 is 2.42 bits per heavy atom. The van der Waals surface area contributed by atoms with E-state index >= 15 is 0 Å². The molecule has 0 aliphatic heterocycles. The predicted molar refractivity (Wildman–Crippen MR) is 94.9 cm³/mol. The Hall–Kier alpha value is -1.77. The van der Waals surface area contributed by atoms with Crippen LogP contribution in [0.25, 0.3) is 0 Å². The Balaban J connectivity index is 1.37. The van der Waals surface area contributed by atoms with Crippen LogP contribution >= 0.6 is 0 Å². The number of hydrogen-bond acceptors (Lipinski definition) is 2. The van der Waals surface area contributed by atoms with Crippen molar-refractivity contribution in [2.75, 3.05) is 6.61 Å². The van der Waals surface area contributed by atoms with Gasteiger partial charge >= 0.3 is 0 Å². The average Bonchev–Trinajstić information content (AvgIpc) is 2.52. The van der Waals surface area contributed by atoms with Gasteiger partial charge in [0.25, 0.3) is 5.91 Å². The van der Waals surface area contributed by atoms with Gasteiger partial charge in [-0.2, -0.15) is 0 Å². The first-order valence-electron chi connectivity index (χ1n) is 9.28. The lowest BCUT2D eigenvalue weighted by Gasteiger charge is -2.56. The highest BCUT2D eigenvalue weighted by molar-refractivity contribution is 5.78. The van der Waals surface area contributed by atoms with Gasteiger partial charge in [-0.15, -0.1) is 6.58 Å². The summed E-state index contributed by atoms with van der Waals surface area (Å²) in [6.45, 7) is 3.89. The largest absolute Gasteiger partial charge is 0.483 e. The van der Waals surface area contributed by atoms with Crippen LogP contribution in [0.5, 0.6) is 5.75 Å². The molecule has 4 aliphatic carbocycles. The maximum Gasteiger partial charge on any atom is 0.258 e. The van der Waals surface area contributed by atoms with Crippen LogP contribution in [0.2, 0.25) is 0 Å². The van der Waals surface area contributed by atoms with Gasteiger partial charge in [0.1, 0.15) is 5.75 Å². The fraction of sp³-hybridized carbons (Fsp3) is 0.571. The summed E-state index contributed by atoms with van der Waals surface area (Å²) >= 11 is 0. The molecule has 4 aliphatic rings. The van der Waals surface area contributed by atoms with E-state index in [2.05, 4.69) is 11.9 Å². The maximum atomic E-state index is 12.5. The van der Waals surface area contributed by atoms with Gasteiger partial charge in [0, 0.05) is 5.54 Å². The average molecular weight is 325 g/mol. The van der Waals surface area contributed by atoms with E-state index in [1.165, 1.54) is 38.5 Å². The van der Waals surface area contributed by atoms with Gasteiger partial charge in [-0.05, 0) is 74.3 Å². The van der Waals surface area contributed by atoms with E-state index < -0.39 is 0 Å². The van der Waals surface area contributed by atoms with E-state index in [1.54, 1.807) is 0 Å². The third-order valence-electron chi connectivity index (χ3n) is 6.14. The first kappa shape index (κ1) is 15.7. The minimum atomic E-state index is 0.0327. The van der Waals surface area contributed by atoms with E-state index in [0.29, 0.717) is 0 Å². The molecule has 1 aromatic carbocycles. The Labute approximate surface area is 144 Å². The fourth-order valence-electron chi connectivity index (χ4n) is 5.71. The molecule has 0 saturated heterocycles. The molecule has 1 aromatic rings. The van der Waals surface area contributed by atoms with Crippen LogP contribution in [0.3, 0.4) is 0 Å². The molecule has 128 valence electrons. The second kappa shape index (κ2) is 6.27. The third-order valence-corrected chi connectivity index (χ3v) is 6.14. The quantitative estimate of drug-likeness (QED) is 0.806. The van der Waals surface area contributed by atoms with Crippen molar-refractivity contribution in [3.63, 3.8) is 0 Å². The summed E-state index contributed by atoms with van der Waals surface area (Å²) in [5, 5.41) is 3.36. The van der Waals surface area contributed by atoms with E-state index in [1.807, 2.05) is 30.3 Å². The van der Waals surface area contributed by atoms with Crippen molar-refractivity contribution < 1.29 is 9.53 Å². The van der Waals surface area contributed by atoms with Crippen molar-refractivity contribution in [1.29, 1.82) is 0 Å². The molecule has 0 radical (unpaired) electrons. The second-order valence-corrected chi connectivity index (χ2v) is 8.14. The van der Waals surface area contributed by atoms with Crippen molar-refractivity contribution in [3.8, 4) is 5.75 Å². The molecular weight excluding hydrogens is 298 g/mol. The van der Waals surface area contributed by atoms with Gasteiger partial charge in [-0.1, -0.05) is 24.3 Å². The van der Waals surface area contributed by atoms with Crippen molar-refractivity contribution in [3.05, 3.63) is 42.5 Å². The molecule has 0 spiro atoms. The van der Waals surface area contributed by atoms with Gasteiger partial charge in [-0.25, -0.2) is 0 Å². The first-order chi connectivity index (χ1) is 11.7. The van der Waals surface area contributed by atoms with E-state index in [0.717, 1.165) is 35.5 Å². The minimum absolute atomic E-state index is 0.0327. The third kappa shape index (κ3) is 3.09. The number of amides is 1. The molecular formula is C21H27NO2. The van der Waals surface area contributed by atoms with Gasteiger partial charge < -0.3 is 10.1 Å². The molecule has 24 heavy (non-hydrogen) atoms. The number of carbonyl (C=O) groups is 1. The summed E-state index contributed by atoms with van der Waals surface area (Å²) in [4.78, 5) is 12.5. The normalized spacial score (nSPS) is 33.2. The monoisotopic (exact) mass is 325 g/mol. The molecule has 0 atom stereocenters. The van der Waals surface area contributed by atoms with Crippen LogP contribution in [0.4, 0.5) is 0 Å². The molecule has 1 amide bonds. The van der Waals surface area contributed by atoms with Crippen molar-refractivity contribution in [2.45, 2.75) is 50.5 Å². The zero-order valence-electron chi connectivity index (χ0n) is 14.3. The lowest BCUT2D eigenvalue weighted by Crippen LogP contribution is -2.60. The molecule has 4 bridgehead atoms. The minimum Gasteiger partial charge on any atom is -0.483 e. The van der Waals surface area contributed by atoms with Gasteiger partial charge in [0.2, 0.25) is 0 Å². The fourth-order valence-corrected chi connectivity index (χ4v) is 5.71. The van der Waals surface area contributed by atoms with Crippen LogP contribution in [0, 0.1) is 17.8 Å². The molecule has 0 unspecified atom stereocenters.